The number of cyclic esters (lactones) is 1. The van der Waals surface area contributed by atoms with Crippen LogP contribution >= 0.6 is 0 Å². The van der Waals surface area contributed by atoms with Crippen molar-refractivity contribution in [3.05, 3.63) is 24.0 Å². The zero-order valence-electron chi connectivity index (χ0n) is 17.2. The van der Waals surface area contributed by atoms with Crippen LogP contribution in [0.1, 0.15) is 25.7 Å². The standard InChI is InChI=1S/C21H26FN3O5S/c22-17-9-15(25-11-16(30-20(25)27)10-23-19(26)14-1-2-14)3-4-18(17)24-7-5-21(6-8-24)12-31(28,29)13-21/h3-4,9,14,16H,1-2,5-8,10-13H2,(H,23,26)/t16-/m0/s1. The van der Waals surface area contributed by atoms with Gasteiger partial charge < -0.3 is 15.0 Å². The number of nitrogens with zero attached hydrogens (tertiary/aromatic N) is 2. The van der Waals surface area contributed by atoms with Gasteiger partial charge in [0.1, 0.15) is 11.9 Å². The molecule has 1 spiro atoms. The van der Waals surface area contributed by atoms with Crippen molar-refractivity contribution in [1.82, 2.24) is 5.32 Å². The molecule has 10 heteroatoms. The molecule has 3 aliphatic heterocycles. The smallest absolute Gasteiger partial charge is 0.414 e. The number of carbonyl (C=O) groups is 2. The first-order valence-corrected chi connectivity index (χ1v) is 12.6. The van der Waals surface area contributed by atoms with E-state index in [0.717, 1.165) is 25.7 Å². The Labute approximate surface area is 180 Å². The minimum absolute atomic E-state index is 0.00675. The molecular formula is C21H26FN3O5S. The van der Waals surface area contributed by atoms with Crippen molar-refractivity contribution >= 4 is 33.2 Å². The number of hydrogen-bond acceptors (Lipinski definition) is 6. The largest absolute Gasteiger partial charge is 0.442 e. The van der Waals surface area contributed by atoms with Crippen molar-refractivity contribution in [3.8, 4) is 0 Å². The first-order chi connectivity index (χ1) is 14.7. The van der Waals surface area contributed by atoms with E-state index in [9.17, 15) is 22.4 Å². The molecule has 168 valence electrons. The van der Waals surface area contributed by atoms with Gasteiger partial charge in [0.05, 0.1) is 36.0 Å². The van der Waals surface area contributed by atoms with Crippen molar-refractivity contribution in [2.24, 2.45) is 11.3 Å². The van der Waals surface area contributed by atoms with Crippen molar-refractivity contribution in [3.63, 3.8) is 0 Å². The molecule has 3 saturated heterocycles. The lowest BCUT2D eigenvalue weighted by atomic mass is 9.81. The molecule has 31 heavy (non-hydrogen) atoms. The van der Waals surface area contributed by atoms with Gasteiger partial charge in [-0.2, -0.15) is 0 Å². The topological polar surface area (TPSA) is 96.0 Å². The SMILES string of the molecule is O=C(NC[C@H]1CN(c2ccc(N3CCC4(CC3)CS(=O)(=O)C4)c(F)c2)C(=O)O1)C1CC1. The average molecular weight is 452 g/mol. The lowest BCUT2D eigenvalue weighted by molar-refractivity contribution is -0.122. The van der Waals surface area contributed by atoms with Crippen LogP contribution in [0, 0.1) is 17.2 Å². The van der Waals surface area contributed by atoms with Crippen LogP contribution in [0.5, 0.6) is 0 Å². The van der Waals surface area contributed by atoms with Gasteiger partial charge in [0.2, 0.25) is 5.91 Å². The van der Waals surface area contributed by atoms with E-state index in [2.05, 4.69) is 5.32 Å². The van der Waals surface area contributed by atoms with Gasteiger partial charge in [0, 0.05) is 24.4 Å². The second kappa shape index (κ2) is 7.36. The second-order valence-corrected chi connectivity index (χ2v) is 11.4. The van der Waals surface area contributed by atoms with Crippen molar-refractivity contribution in [2.45, 2.75) is 31.8 Å². The number of carbonyl (C=O) groups excluding carboxylic acids is 2. The highest BCUT2D eigenvalue weighted by Crippen LogP contribution is 2.43. The summed E-state index contributed by atoms with van der Waals surface area (Å²) in [6.45, 7) is 1.73. The molecule has 5 rings (SSSR count). The number of anilines is 2. The molecule has 1 aromatic carbocycles. The number of piperidine rings is 1. The number of benzene rings is 1. The molecule has 2 amide bonds. The van der Waals surface area contributed by atoms with E-state index in [1.807, 2.05) is 4.90 Å². The molecule has 0 radical (unpaired) electrons. The lowest BCUT2D eigenvalue weighted by Gasteiger charge is -2.47. The van der Waals surface area contributed by atoms with Crippen LogP contribution in [0.25, 0.3) is 0 Å². The maximum absolute atomic E-state index is 14.9. The van der Waals surface area contributed by atoms with Gasteiger partial charge in [-0.3, -0.25) is 9.69 Å². The van der Waals surface area contributed by atoms with Crippen LogP contribution in [0.4, 0.5) is 20.6 Å². The minimum atomic E-state index is -2.88. The van der Waals surface area contributed by atoms with E-state index in [1.165, 1.54) is 11.0 Å². The van der Waals surface area contributed by atoms with Crippen LogP contribution in [-0.2, 0) is 19.4 Å². The van der Waals surface area contributed by atoms with Gasteiger partial charge >= 0.3 is 6.09 Å². The molecule has 1 aromatic rings. The number of ether oxygens (including phenoxy) is 1. The van der Waals surface area contributed by atoms with Crippen LogP contribution < -0.4 is 15.1 Å². The van der Waals surface area contributed by atoms with Crippen LogP contribution in [0.2, 0.25) is 0 Å². The van der Waals surface area contributed by atoms with E-state index < -0.39 is 27.9 Å². The van der Waals surface area contributed by atoms with Gasteiger partial charge in [-0.05, 0) is 43.9 Å². The number of halogens is 1. The molecule has 1 aliphatic carbocycles. The summed E-state index contributed by atoms with van der Waals surface area (Å²) in [6.07, 6.45) is 2.27. The molecule has 0 unspecified atom stereocenters. The Balaban J connectivity index is 1.19. The molecule has 0 aromatic heterocycles. The van der Waals surface area contributed by atoms with E-state index in [4.69, 9.17) is 4.74 Å². The molecule has 1 atom stereocenters. The highest BCUT2D eigenvalue weighted by atomic mass is 32.2. The van der Waals surface area contributed by atoms with Gasteiger partial charge in [-0.15, -0.1) is 0 Å². The van der Waals surface area contributed by atoms with Crippen molar-refractivity contribution < 1.29 is 27.1 Å². The molecule has 4 fully saturated rings. The van der Waals surface area contributed by atoms with Gasteiger partial charge in [0.25, 0.3) is 0 Å². The molecule has 1 saturated carbocycles. The molecule has 8 nitrogen and oxygen atoms in total. The molecule has 3 heterocycles. The predicted octanol–water partition coefficient (Wildman–Crippen LogP) is 1.69. The summed E-state index contributed by atoms with van der Waals surface area (Å²) in [5, 5.41) is 2.80. The monoisotopic (exact) mass is 451 g/mol. The fourth-order valence-corrected chi connectivity index (χ4v) is 7.22. The van der Waals surface area contributed by atoms with Crippen LogP contribution in [-0.4, -0.2) is 64.2 Å². The summed E-state index contributed by atoms with van der Waals surface area (Å²) >= 11 is 0. The Morgan fingerprint density at radius 2 is 1.94 bits per heavy atom. The third-order valence-corrected chi connectivity index (χ3v) is 8.89. The molecule has 1 N–H and O–H groups in total. The average Bonchev–Trinajstić information content (AvgIpc) is 3.48. The quantitative estimate of drug-likeness (QED) is 0.732. The molecule has 4 aliphatic rings. The Morgan fingerprint density at radius 1 is 1.23 bits per heavy atom. The predicted molar refractivity (Wildman–Crippen MR) is 112 cm³/mol. The van der Waals surface area contributed by atoms with Crippen LogP contribution in [0.15, 0.2) is 18.2 Å². The molecule has 0 bridgehead atoms. The highest BCUT2D eigenvalue weighted by molar-refractivity contribution is 7.92. The van der Waals surface area contributed by atoms with Crippen molar-refractivity contribution in [1.29, 1.82) is 0 Å². The van der Waals surface area contributed by atoms with E-state index in [1.54, 1.807) is 12.1 Å². The van der Waals surface area contributed by atoms with Gasteiger partial charge in [-0.1, -0.05) is 0 Å². The summed E-state index contributed by atoms with van der Waals surface area (Å²) < 4.78 is 43.3. The van der Waals surface area contributed by atoms with Gasteiger partial charge in [-0.25, -0.2) is 17.6 Å². The first kappa shape index (κ1) is 20.5. The Morgan fingerprint density at radius 3 is 2.55 bits per heavy atom. The number of amides is 2. The van der Waals surface area contributed by atoms with E-state index >= 15 is 0 Å². The third kappa shape index (κ3) is 4.09. The number of rotatable bonds is 5. The highest BCUT2D eigenvalue weighted by Gasteiger charge is 2.49. The summed E-state index contributed by atoms with van der Waals surface area (Å²) in [5.41, 5.74) is 0.747. The maximum atomic E-state index is 14.9. The number of nitrogens with one attached hydrogen (secondary N) is 1. The minimum Gasteiger partial charge on any atom is -0.442 e. The summed E-state index contributed by atoms with van der Waals surface area (Å²) in [4.78, 5) is 27.3. The zero-order valence-corrected chi connectivity index (χ0v) is 18.0. The Bertz CT molecular complexity index is 1000. The summed E-state index contributed by atoms with van der Waals surface area (Å²) in [7, 11) is -2.88. The zero-order chi connectivity index (χ0) is 21.8. The van der Waals surface area contributed by atoms with Gasteiger partial charge in [0.15, 0.2) is 9.84 Å². The molecular weight excluding hydrogens is 425 g/mol. The van der Waals surface area contributed by atoms with E-state index in [-0.39, 0.29) is 41.8 Å². The van der Waals surface area contributed by atoms with Crippen molar-refractivity contribution in [2.75, 3.05) is 47.5 Å². The fourth-order valence-electron chi connectivity index (χ4n) is 4.86. The van der Waals surface area contributed by atoms with Crippen LogP contribution in [0.3, 0.4) is 0 Å². The lowest BCUT2D eigenvalue weighted by Crippen LogP contribution is -2.54. The number of hydrogen-bond donors (Lipinski definition) is 1. The first-order valence-electron chi connectivity index (χ1n) is 10.7. The Kier molecular flexibility index (Phi) is 4.87. The Hall–Kier alpha value is -2.36. The maximum Gasteiger partial charge on any atom is 0.414 e. The normalized spacial score (nSPS) is 26.5. The summed E-state index contributed by atoms with van der Waals surface area (Å²) in [5.74, 6) is 0.150. The second-order valence-electron chi connectivity index (χ2n) is 9.29. The number of sulfone groups is 1. The van der Waals surface area contributed by atoms with E-state index in [0.29, 0.717) is 24.5 Å². The summed E-state index contributed by atoms with van der Waals surface area (Å²) in [6, 6.07) is 4.69. The third-order valence-electron chi connectivity index (χ3n) is 6.79. The fraction of sp³-hybridized carbons (Fsp3) is 0.619.